The molecule has 3 unspecified atom stereocenters. The Morgan fingerprint density at radius 3 is 3.00 bits per heavy atom. The van der Waals surface area contributed by atoms with Gasteiger partial charge in [0.2, 0.25) is 0 Å². The Morgan fingerprint density at radius 2 is 2.16 bits per heavy atom. The van der Waals surface area contributed by atoms with Crippen molar-refractivity contribution in [3.05, 3.63) is 29.8 Å². The van der Waals surface area contributed by atoms with Gasteiger partial charge in [-0.3, -0.25) is 0 Å². The van der Waals surface area contributed by atoms with Crippen LogP contribution in [-0.2, 0) is 0 Å². The van der Waals surface area contributed by atoms with Crippen LogP contribution in [0.4, 0.5) is 4.39 Å². The Hall–Kier alpha value is -1.09. The molecule has 0 amide bonds. The molecule has 0 saturated carbocycles. The molecule has 3 atom stereocenters. The van der Waals surface area contributed by atoms with Crippen LogP contribution in [0.15, 0.2) is 24.3 Å². The molecule has 2 nitrogen and oxygen atoms in total. The quantitative estimate of drug-likeness (QED) is 0.902. The largest absolute Gasteiger partial charge is 0.493 e. The number of benzene rings is 1. The van der Waals surface area contributed by atoms with E-state index in [0.29, 0.717) is 18.9 Å². The van der Waals surface area contributed by atoms with Crippen molar-refractivity contribution >= 4 is 0 Å². The summed E-state index contributed by atoms with van der Waals surface area (Å²) in [6.07, 6.45) is 4.14. The fourth-order valence-corrected chi connectivity index (χ4v) is 3.28. The minimum Gasteiger partial charge on any atom is -0.493 e. The summed E-state index contributed by atoms with van der Waals surface area (Å²) < 4.78 is 20.1. The number of rotatable bonds is 3. The summed E-state index contributed by atoms with van der Waals surface area (Å²) in [5.74, 6) is 1.26. The molecule has 2 heterocycles. The van der Waals surface area contributed by atoms with E-state index in [1.165, 1.54) is 12.0 Å². The monoisotopic (exact) mass is 263 g/mol. The van der Waals surface area contributed by atoms with Crippen LogP contribution in [0, 0.1) is 0 Å². The second-order valence-corrected chi connectivity index (χ2v) is 5.68. The van der Waals surface area contributed by atoms with Crippen molar-refractivity contribution in [1.29, 1.82) is 0 Å². The molecule has 1 N–H and O–H groups in total. The number of fused-ring (bicyclic) bond motifs is 1. The molecule has 1 saturated heterocycles. The summed E-state index contributed by atoms with van der Waals surface area (Å²) >= 11 is 0. The van der Waals surface area contributed by atoms with E-state index >= 15 is 0 Å². The van der Waals surface area contributed by atoms with Crippen LogP contribution in [-0.4, -0.2) is 25.4 Å². The number of nitrogens with one attached hydrogen (secondary N) is 1. The Kier molecular flexibility index (Phi) is 4.02. The van der Waals surface area contributed by atoms with Crippen LogP contribution >= 0.6 is 0 Å². The topological polar surface area (TPSA) is 21.3 Å². The number of piperidine rings is 1. The van der Waals surface area contributed by atoms with Crippen molar-refractivity contribution in [2.24, 2.45) is 0 Å². The van der Waals surface area contributed by atoms with E-state index in [9.17, 15) is 4.39 Å². The first-order valence-electron chi connectivity index (χ1n) is 7.44. The Balaban J connectivity index is 1.66. The molecule has 19 heavy (non-hydrogen) atoms. The third kappa shape index (κ3) is 2.92. The molecule has 0 spiro atoms. The van der Waals surface area contributed by atoms with E-state index in [4.69, 9.17) is 4.74 Å². The van der Waals surface area contributed by atoms with Crippen LogP contribution in [0.25, 0.3) is 0 Å². The molecular formula is C16H22FNO. The molecule has 3 heteroatoms. The Morgan fingerprint density at radius 1 is 1.26 bits per heavy atom. The van der Waals surface area contributed by atoms with E-state index in [-0.39, 0.29) is 6.04 Å². The Bertz CT molecular complexity index is 417. The van der Waals surface area contributed by atoms with Crippen molar-refractivity contribution in [2.45, 2.75) is 50.2 Å². The summed E-state index contributed by atoms with van der Waals surface area (Å²) in [7, 11) is 0. The predicted molar refractivity (Wildman–Crippen MR) is 74.4 cm³/mol. The summed E-state index contributed by atoms with van der Waals surface area (Å²) in [5.41, 5.74) is 1.19. The average Bonchev–Trinajstić information content (AvgIpc) is 2.48. The zero-order valence-electron chi connectivity index (χ0n) is 11.3. The second kappa shape index (κ2) is 5.91. The number of halogens is 1. The van der Waals surface area contributed by atoms with Crippen LogP contribution in [0.5, 0.6) is 5.75 Å². The van der Waals surface area contributed by atoms with Crippen LogP contribution in [0.3, 0.4) is 0 Å². The molecule has 0 aromatic heterocycles. The van der Waals surface area contributed by atoms with Gasteiger partial charge in [0.15, 0.2) is 0 Å². The lowest BCUT2D eigenvalue weighted by Crippen LogP contribution is -2.42. The molecule has 0 bridgehead atoms. The maximum atomic E-state index is 14.5. The minimum atomic E-state index is -0.739. The highest BCUT2D eigenvalue weighted by Crippen LogP contribution is 2.37. The van der Waals surface area contributed by atoms with Gasteiger partial charge in [-0.15, -0.1) is 0 Å². The van der Waals surface area contributed by atoms with Gasteiger partial charge in [0.25, 0.3) is 0 Å². The molecule has 2 aliphatic heterocycles. The molecule has 2 aliphatic rings. The normalized spacial score (nSPS) is 28.3. The summed E-state index contributed by atoms with van der Waals surface area (Å²) in [5, 5.41) is 3.33. The highest BCUT2D eigenvalue weighted by atomic mass is 19.1. The van der Waals surface area contributed by atoms with E-state index in [1.54, 1.807) is 0 Å². The lowest BCUT2D eigenvalue weighted by Gasteiger charge is -2.31. The van der Waals surface area contributed by atoms with Gasteiger partial charge in [-0.25, -0.2) is 4.39 Å². The molecule has 0 aliphatic carbocycles. The van der Waals surface area contributed by atoms with Gasteiger partial charge in [-0.05, 0) is 49.8 Å². The smallest absolute Gasteiger partial charge is 0.122 e. The highest BCUT2D eigenvalue weighted by molar-refractivity contribution is 5.37. The summed E-state index contributed by atoms with van der Waals surface area (Å²) in [6.45, 7) is 1.68. The molecule has 1 fully saturated rings. The second-order valence-electron chi connectivity index (χ2n) is 5.68. The number of hydrogen-bond donors (Lipinski definition) is 1. The lowest BCUT2D eigenvalue weighted by atomic mass is 9.85. The fraction of sp³-hybridized carbons (Fsp3) is 0.625. The molecule has 1 aromatic carbocycles. The number of alkyl halides is 1. The zero-order chi connectivity index (χ0) is 13.1. The van der Waals surface area contributed by atoms with E-state index in [1.807, 2.05) is 18.2 Å². The standard InChI is InChI=1S/C16H22FNO/c17-14(15-6-3-4-9-18-15)11-12-8-10-19-16-7-2-1-5-13(12)16/h1-2,5,7,12,14-15,18H,3-4,6,8-11H2. The number of para-hydroxylation sites is 1. The third-order valence-corrected chi connectivity index (χ3v) is 4.38. The van der Waals surface area contributed by atoms with Gasteiger partial charge >= 0.3 is 0 Å². The van der Waals surface area contributed by atoms with Gasteiger partial charge in [0.1, 0.15) is 11.9 Å². The minimum absolute atomic E-state index is 0.0590. The first kappa shape index (κ1) is 12.9. The van der Waals surface area contributed by atoms with Crippen LogP contribution < -0.4 is 10.1 Å². The molecule has 104 valence electrons. The van der Waals surface area contributed by atoms with E-state index < -0.39 is 6.17 Å². The third-order valence-electron chi connectivity index (χ3n) is 4.38. The van der Waals surface area contributed by atoms with Crippen molar-refractivity contribution in [1.82, 2.24) is 5.32 Å². The SMILES string of the molecule is FC(CC1CCOc2ccccc21)C1CCCCN1. The van der Waals surface area contributed by atoms with Gasteiger partial charge in [-0.1, -0.05) is 24.6 Å². The van der Waals surface area contributed by atoms with Gasteiger partial charge in [0.05, 0.1) is 6.61 Å². The first-order chi connectivity index (χ1) is 9.34. The number of hydrogen-bond acceptors (Lipinski definition) is 2. The van der Waals surface area contributed by atoms with E-state index in [0.717, 1.165) is 31.6 Å². The van der Waals surface area contributed by atoms with Gasteiger partial charge in [0, 0.05) is 6.04 Å². The lowest BCUT2D eigenvalue weighted by molar-refractivity contribution is 0.179. The Labute approximate surface area is 114 Å². The maximum Gasteiger partial charge on any atom is 0.122 e. The van der Waals surface area contributed by atoms with E-state index in [2.05, 4.69) is 11.4 Å². The maximum absolute atomic E-state index is 14.5. The van der Waals surface area contributed by atoms with Crippen molar-refractivity contribution in [3.8, 4) is 5.75 Å². The van der Waals surface area contributed by atoms with Gasteiger partial charge in [-0.2, -0.15) is 0 Å². The first-order valence-corrected chi connectivity index (χ1v) is 7.44. The zero-order valence-corrected chi connectivity index (χ0v) is 11.3. The van der Waals surface area contributed by atoms with Crippen molar-refractivity contribution in [2.75, 3.05) is 13.2 Å². The number of ether oxygens (including phenoxy) is 1. The van der Waals surface area contributed by atoms with Crippen LogP contribution in [0.1, 0.15) is 43.6 Å². The summed E-state index contributed by atoms with van der Waals surface area (Å²) in [6, 6.07) is 8.14. The molecule has 0 radical (unpaired) electrons. The molecule has 1 aromatic rings. The fourth-order valence-electron chi connectivity index (χ4n) is 3.28. The predicted octanol–water partition coefficient (Wildman–Crippen LogP) is 3.42. The van der Waals surface area contributed by atoms with Crippen molar-refractivity contribution < 1.29 is 9.13 Å². The average molecular weight is 263 g/mol. The van der Waals surface area contributed by atoms with Crippen LogP contribution in [0.2, 0.25) is 0 Å². The molecular weight excluding hydrogens is 241 g/mol. The van der Waals surface area contributed by atoms with Gasteiger partial charge < -0.3 is 10.1 Å². The molecule has 3 rings (SSSR count). The summed E-state index contributed by atoms with van der Waals surface area (Å²) in [4.78, 5) is 0. The van der Waals surface area contributed by atoms with Crippen molar-refractivity contribution in [3.63, 3.8) is 0 Å². The highest BCUT2D eigenvalue weighted by Gasteiger charge is 2.29.